The highest BCUT2D eigenvalue weighted by molar-refractivity contribution is 6.21. The van der Waals surface area contributed by atoms with Crippen LogP contribution in [0.25, 0.3) is 0 Å². The molecule has 9 nitrogen and oxygen atoms in total. The summed E-state index contributed by atoms with van der Waals surface area (Å²) in [4.78, 5) is 60.3. The number of amides is 3. The molecule has 0 atom stereocenters. The maximum absolute atomic E-state index is 12.2. The lowest BCUT2D eigenvalue weighted by Gasteiger charge is -2.08. The molecule has 1 heterocycles. The van der Waals surface area contributed by atoms with Crippen LogP contribution in [0.5, 0.6) is 0 Å². The molecular weight excluding hydrogens is 380 g/mol. The maximum atomic E-state index is 12.2. The Hall–Kier alpha value is -4.01. The molecule has 9 heteroatoms. The van der Waals surface area contributed by atoms with Crippen LogP contribution in [-0.2, 0) is 14.3 Å². The minimum absolute atomic E-state index is 0.0513. The third-order valence-corrected chi connectivity index (χ3v) is 4.25. The zero-order valence-electron chi connectivity index (χ0n) is 15.6. The second-order valence-corrected chi connectivity index (χ2v) is 6.12. The largest absolute Gasteiger partial charge is 0.465 e. The lowest BCUT2D eigenvalue weighted by Crippen LogP contribution is -2.24. The van der Waals surface area contributed by atoms with Crippen molar-refractivity contribution in [3.05, 3.63) is 64.7 Å². The number of anilines is 1. The molecule has 0 aromatic heterocycles. The number of hydrogen-bond donors (Lipinski definition) is 1. The van der Waals surface area contributed by atoms with E-state index >= 15 is 0 Å². The summed E-state index contributed by atoms with van der Waals surface area (Å²) in [6, 6.07) is 9.97. The van der Waals surface area contributed by atoms with Crippen LogP contribution >= 0.6 is 0 Å². The predicted octanol–water partition coefficient (Wildman–Crippen LogP) is 1.49. The van der Waals surface area contributed by atoms with E-state index in [4.69, 9.17) is 4.74 Å². The molecule has 3 rings (SSSR count). The van der Waals surface area contributed by atoms with E-state index < -0.39 is 36.3 Å². The number of carbonyl (C=O) groups is 5. The Morgan fingerprint density at radius 3 is 2.17 bits per heavy atom. The van der Waals surface area contributed by atoms with Gasteiger partial charge in [-0.2, -0.15) is 0 Å². The Morgan fingerprint density at radius 2 is 1.52 bits per heavy atom. The second kappa shape index (κ2) is 7.93. The lowest BCUT2D eigenvalue weighted by molar-refractivity contribution is -0.119. The molecule has 0 unspecified atom stereocenters. The number of hydrogen-bond acceptors (Lipinski definition) is 7. The first-order valence-electron chi connectivity index (χ1n) is 8.43. The molecule has 0 spiro atoms. The van der Waals surface area contributed by atoms with Crippen molar-refractivity contribution >= 4 is 35.3 Å². The van der Waals surface area contributed by atoms with Crippen molar-refractivity contribution in [1.82, 2.24) is 4.90 Å². The Balaban J connectivity index is 1.58. The van der Waals surface area contributed by atoms with E-state index in [0.29, 0.717) is 11.3 Å². The van der Waals surface area contributed by atoms with E-state index in [1.165, 1.54) is 56.6 Å². The number of nitrogens with one attached hydrogen (secondary N) is 1. The van der Waals surface area contributed by atoms with Gasteiger partial charge in [0, 0.05) is 12.7 Å². The molecule has 1 N–H and O–H groups in total. The Bertz CT molecular complexity index is 1030. The summed E-state index contributed by atoms with van der Waals surface area (Å²) >= 11 is 0. The summed E-state index contributed by atoms with van der Waals surface area (Å²) in [5.74, 6) is -2.84. The molecule has 1 aliphatic rings. The number of methoxy groups -OCH3 is 1. The van der Waals surface area contributed by atoms with Crippen LogP contribution in [0.4, 0.5) is 5.69 Å². The average Bonchev–Trinajstić information content (AvgIpc) is 2.95. The maximum Gasteiger partial charge on any atom is 0.338 e. The SMILES string of the molecule is COC(=O)c1ccc(NC(=O)COC(=O)c2ccc3c(c2)C(=O)N(C)C3=O)cc1. The van der Waals surface area contributed by atoms with Crippen LogP contribution in [-0.4, -0.2) is 55.3 Å². The number of ether oxygens (including phenoxy) is 2. The van der Waals surface area contributed by atoms with Gasteiger partial charge in [-0.05, 0) is 42.5 Å². The lowest BCUT2D eigenvalue weighted by atomic mass is 10.1. The summed E-state index contributed by atoms with van der Waals surface area (Å²) in [6.45, 7) is -0.554. The normalized spacial score (nSPS) is 12.4. The van der Waals surface area contributed by atoms with Crippen molar-refractivity contribution in [3.8, 4) is 0 Å². The van der Waals surface area contributed by atoms with E-state index in [0.717, 1.165) is 4.90 Å². The number of fused-ring (bicyclic) bond motifs is 1. The molecule has 3 amide bonds. The summed E-state index contributed by atoms with van der Waals surface area (Å²) in [7, 11) is 2.62. The molecule has 0 saturated carbocycles. The monoisotopic (exact) mass is 396 g/mol. The van der Waals surface area contributed by atoms with Gasteiger partial charge in [0.1, 0.15) is 0 Å². The van der Waals surface area contributed by atoms with Crippen LogP contribution in [0.3, 0.4) is 0 Å². The first-order valence-corrected chi connectivity index (χ1v) is 8.43. The number of imide groups is 1. The van der Waals surface area contributed by atoms with Crippen LogP contribution in [0, 0.1) is 0 Å². The van der Waals surface area contributed by atoms with Crippen molar-refractivity contribution in [2.24, 2.45) is 0 Å². The number of esters is 2. The highest BCUT2D eigenvalue weighted by atomic mass is 16.5. The number of carbonyl (C=O) groups excluding carboxylic acids is 5. The van der Waals surface area contributed by atoms with Crippen LogP contribution in [0.15, 0.2) is 42.5 Å². The van der Waals surface area contributed by atoms with Gasteiger partial charge in [-0.1, -0.05) is 0 Å². The number of rotatable bonds is 5. The van der Waals surface area contributed by atoms with Crippen LogP contribution < -0.4 is 5.32 Å². The summed E-state index contributed by atoms with van der Waals surface area (Å²) in [5, 5.41) is 2.52. The molecular formula is C20H16N2O7. The highest BCUT2D eigenvalue weighted by Crippen LogP contribution is 2.23. The standard InChI is InChI=1S/C20H16N2O7/c1-22-17(24)14-8-5-12(9-15(14)18(22)25)20(27)29-10-16(23)21-13-6-3-11(4-7-13)19(26)28-2/h3-9H,10H2,1-2H3,(H,21,23). The molecule has 2 aromatic rings. The van der Waals surface area contributed by atoms with E-state index in [9.17, 15) is 24.0 Å². The molecule has 1 aliphatic heterocycles. The summed E-state index contributed by atoms with van der Waals surface area (Å²) in [6.07, 6.45) is 0. The van der Waals surface area contributed by atoms with Gasteiger partial charge in [0.15, 0.2) is 6.61 Å². The molecule has 0 radical (unpaired) electrons. The van der Waals surface area contributed by atoms with Gasteiger partial charge >= 0.3 is 11.9 Å². The van der Waals surface area contributed by atoms with Crippen molar-refractivity contribution in [3.63, 3.8) is 0 Å². The first-order chi connectivity index (χ1) is 13.8. The predicted molar refractivity (Wildman–Crippen MR) is 99.6 cm³/mol. The van der Waals surface area contributed by atoms with Crippen LogP contribution in [0.2, 0.25) is 0 Å². The number of nitrogens with zero attached hydrogens (tertiary/aromatic N) is 1. The van der Waals surface area contributed by atoms with Gasteiger partial charge in [-0.15, -0.1) is 0 Å². The quantitative estimate of drug-likeness (QED) is 0.601. The summed E-state index contributed by atoms with van der Waals surface area (Å²) < 4.78 is 9.54. The van der Waals surface area contributed by atoms with Gasteiger partial charge in [-0.25, -0.2) is 9.59 Å². The zero-order valence-corrected chi connectivity index (χ0v) is 15.6. The van der Waals surface area contributed by atoms with Gasteiger partial charge in [0.05, 0.1) is 29.4 Å². The topological polar surface area (TPSA) is 119 Å². The fraction of sp³-hybridized carbons (Fsp3) is 0.150. The Morgan fingerprint density at radius 1 is 0.897 bits per heavy atom. The minimum Gasteiger partial charge on any atom is -0.465 e. The van der Waals surface area contributed by atoms with Gasteiger partial charge in [-0.3, -0.25) is 19.3 Å². The first kappa shape index (κ1) is 19.7. The molecule has 0 bridgehead atoms. The van der Waals surface area contributed by atoms with Crippen molar-refractivity contribution in [1.29, 1.82) is 0 Å². The minimum atomic E-state index is -0.807. The average molecular weight is 396 g/mol. The van der Waals surface area contributed by atoms with E-state index in [-0.39, 0.29) is 16.7 Å². The Labute approximate surface area is 165 Å². The zero-order chi connectivity index (χ0) is 21.1. The van der Waals surface area contributed by atoms with Gasteiger partial charge in [0.2, 0.25) is 0 Å². The molecule has 148 valence electrons. The van der Waals surface area contributed by atoms with Crippen molar-refractivity contribution in [2.75, 3.05) is 26.1 Å². The van der Waals surface area contributed by atoms with Gasteiger partial charge < -0.3 is 14.8 Å². The van der Waals surface area contributed by atoms with E-state index in [1.54, 1.807) is 0 Å². The fourth-order valence-electron chi connectivity index (χ4n) is 2.71. The highest BCUT2D eigenvalue weighted by Gasteiger charge is 2.33. The molecule has 29 heavy (non-hydrogen) atoms. The van der Waals surface area contributed by atoms with E-state index in [2.05, 4.69) is 10.1 Å². The number of benzene rings is 2. The smallest absolute Gasteiger partial charge is 0.338 e. The molecule has 0 saturated heterocycles. The molecule has 2 aromatic carbocycles. The van der Waals surface area contributed by atoms with Crippen LogP contribution in [0.1, 0.15) is 41.4 Å². The fourth-order valence-corrected chi connectivity index (χ4v) is 2.71. The third-order valence-electron chi connectivity index (χ3n) is 4.25. The molecule has 0 aliphatic carbocycles. The van der Waals surface area contributed by atoms with Gasteiger partial charge in [0.25, 0.3) is 17.7 Å². The molecule has 0 fully saturated rings. The Kier molecular flexibility index (Phi) is 5.40. The summed E-state index contributed by atoms with van der Waals surface area (Å²) in [5.41, 5.74) is 1.11. The van der Waals surface area contributed by atoms with Crippen molar-refractivity contribution < 1.29 is 33.4 Å². The van der Waals surface area contributed by atoms with E-state index in [1.807, 2.05) is 0 Å². The second-order valence-electron chi connectivity index (χ2n) is 6.12. The third kappa shape index (κ3) is 3.98. The van der Waals surface area contributed by atoms with Crippen molar-refractivity contribution in [2.45, 2.75) is 0 Å².